The minimum atomic E-state index is -0.905. The van der Waals surface area contributed by atoms with Crippen molar-refractivity contribution in [1.82, 2.24) is 10.3 Å². The van der Waals surface area contributed by atoms with Gasteiger partial charge in [-0.3, -0.25) is 9.59 Å². The number of carbonyl (C=O) groups is 2. The topological polar surface area (TPSA) is 131 Å². The van der Waals surface area contributed by atoms with Gasteiger partial charge >= 0.3 is 5.97 Å². The Morgan fingerprint density at radius 1 is 0.732 bits per heavy atom. The van der Waals surface area contributed by atoms with Crippen LogP contribution in [0, 0.1) is 5.92 Å². The highest BCUT2D eigenvalue weighted by atomic mass is 32.2. The maximum atomic E-state index is 12.2. The van der Waals surface area contributed by atoms with E-state index in [2.05, 4.69) is 12.2 Å². The van der Waals surface area contributed by atoms with E-state index in [0.717, 1.165) is 56.0 Å². The van der Waals surface area contributed by atoms with E-state index < -0.39 is 12.3 Å². The third-order valence-electron chi connectivity index (χ3n) is 9.91. The van der Waals surface area contributed by atoms with Crippen molar-refractivity contribution in [2.45, 2.75) is 63.1 Å². The molecule has 4 unspecified atom stereocenters. The molecular weight excluding hydrogens is 725 g/mol. The molecule has 1 aliphatic heterocycles. The fraction of sp³-hybridized carbons (Fsp3) is 0.239. The van der Waals surface area contributed by atoms with Crippen molar-refractivity contribution < 1.29 is 33.7 Å². The summed E-state index contributed by atoms with van der Waals surface area (Å²) in [7, 11) is 0. The zero-order valence-corrected chi connectivity index (χ0v) is 31.9. The molecule has 0 aliphatic carbocycles. The van der Waals surface area contributed by atoms with Crippen molar-refractivity contribution in [2.75, 3.05) is 5.75 Å². The standard InChI is InChI=1S/C46H44N2O7S/c1-30-39(29-56-46-48-42(34-11-4-2-5-12-34)44(55-46)35-13-6-3-7-14-35)53-45(54-43(30)36-20-18-31(28-49)19-21-36)37-24-22-33(23-25-37)38-15-8-10-32(26-38)27-47-40(50)16-9-17-41(51)52/h2-8,10-15,18-26,30,39,43,45,49H,9,16-17,27-29H2,1H3,(H,47,50)(H,51,52). The number of aliphatic carboxylic acids is 1. The van der Waals surface area contributed by atoms with Crippen molar-refractivity contribution in [3.63, 3.8) is 0 Å². The molecule has 1 saturated heterocycles. The number of benzene rings is 5. The van der Waals surface area contributed by atoms with Gasteiger partial charge in [0.15, 0.2) is 12.1 Å². The predicted octanol–water partition coefficient (Wildman–Crippen LogP) is 9.62. The summed E-state index contributed by atoms with van der Waals surface area (Å²) in [5.74, 6) is 0.212. The van der Waals surface area contributed by atoms with Gasteiger partial charge in [-0.15, -0.1) is 0 Å². The van der Waals surface area contributed by atoms with Gasteiger partial charge in [0.1, 0.15) is 5.69 Å². The smallest absolute Gasteiger partial charge is 0.303 e. The summed E-state index contributed by atoms with van der Waals surface area (Å²) in [4.78, 5) is 27.9. The van der Waals surface area contributed by atoms with E-state index in [4.69, 9.17) is 24.0 Å². The second kappa shape index (κ2) is 18.4. The molecule has 2 heterocycles. The fourth-order valence-electron chi connectivity index (χ4n) is 6.79. The SMILES string of the molecule is CC1C(CSc2nc(-c3ccccc3)c(-c3ccccc3)o2)OC(c2ccc(-c3cccc(CNC(=O)CCCC(=O)O)c3)cc2)OC1c1ccc(CO)cc1. The van der Waals surface area contributed by atoms with Gasteiger partial charge in [0.2, 0.25) is 5.91 Å². The van der Waals surface area contributed by atoms with Crippen LogP contribution in [0.3, 0.4) is 0 Å². The summed E-state index contributed by atoms with van der Waals surface area (Å²) in [5.41, 5.74) is 8.41. The Balaban J connectivity index is 1.09. The van der Waals surface area contributed by atoms with Crippen molar-refractivity contribution >= 4 is 23.6 Å². The summed E-state index contributed by atoms with van der Waals surface area (Å²) in [6, 6.07) is 44.1. The van der Waals surface area contributed by atoms with Crippen LogP contribution in [0.15, 0.2) is 143 Å². The van der Waals surface area contributed by atoms with E-state index in [0.29, 0.717) is 23.9 Å². The summed E-state index contributed by atoms with van der Waals surface area (Å²) < 4.78 is 19.9. The molecule has 0 radical (unpaired) electrons. The Bertz CT molecular complexity index is 2150. The highest BCUT2D eigenvalue weighted by molar-refractivity contribution is 7.99. The first-order valence-corrected chi connectivity index (χ1v) is 19.8. The molecule has 0 bridgehead atoms. The number of amides is 1. The van der Waals surface area contributed by atoms with Crippen LogP contribution in [0.1, 0.15) is 60.8 Å². The summed E-state index contributed by atoms with van der Waals surface area (Å²) in [5, 5.41) is 22.0. The number of ether oxygens (including phenoxy) is 2. The van der Waals surface area contributed by atoms with Gasteiger partial charge in [0, 0.05) is 47.7 Å². The van der Waals surface area contributed by atoms with Crippen LogP contribution in [0.5, 0.6) is 0 Å². The van der Waals surface area contributed by atoms with Crippen LogP contribution in [0.2, 0.25) is 0 Å². The Morgan fingerprint density at radius 2 is 1.41 bits per heavy atom. The molecule has 1 fully saturated rings. The van der Waals surface area contributed by atoms with Gasteiger partial charge in [-0.1, -0.05) is 146 Å². The minimum absolute atomic E-state index is 0.0180. The first-order valence-electron chi connectivity index (χ1n) is 18.8. The van der Waals surface area contributed by atoms with Crippen LogP contribution in [-0.4, -0.2) is 38.9 Å². The average molecular weight is 769 g/mol. The van der Waals surface area contributed by atoms with E-state index in [1.165, 1.54) is 11.8 Å². The van der Waals surface area contributed by atoms with Crippen molar-refractivity contribution in [3.8, 4) is 33.7 Å². The number of aromatic nitrogens is 1. The largest absolute Gasteiger partial charge is 0.481 e. The molecule has 1 amide bonds. The number of nitrogens with one attached hydrogen (secondary N) is 1. The first kappa shape index (κ1) is 38.7. The second-order valence-corrected chi connectivity index (χ2v) is 14.8. The van der Waals surface area contributed by atoms with Gasteiger partial charge in [0.25, 0.3) is 5.22 Å². The molecule has 286 valence electrons. The second-order valence-electron chi connectivity index (χ2n) is 13.9. The number of thioether (sulfide) groups is 1. The summed E-state index contributed by atoms with van der Waals surface area (Å²) in [6.45, 7) is 2.46. The number of aliphatic hydroxyl groups is 1. The molecule has 4 atom stereocenters. The highest BCUT2D eigenvalue weighted by Crippen LogP contribution is 2.44. The number of carbonyl (C=O) groups excluding carboxylic acids is 1. The van der Waals surface area contributed by atoms with Crippen molar-refractivity contribution in [2.24, 2.45) is 5.92 Å². The van der Waals surface area contributed by atoms with Crippen molar-refractivity contribution in [3.05, 3.63) is 156 Å². The quantitative estimate of drug-likeness (QED) is 0.0875. The lowest BCUT2D eigenvalue weighted by atomic mass is 9.91. The molecule has 7 rings (SSSR count). The van der Waals surface area contributed by atoms with E-state index in [1.54, 1.807) is 0 Å². The Kier molecular flexibility index (Phi) is 12.7. The number of aliphatic hydroxyl groups excluding tert-OH is 1. The van der Waals surface area contributed by atoms with Gasteiger partial charge in [-0.25, -0.2) is 4.98 Å². The molecule has 9 nitrogen and oxygen atoms in total. The summed E-state index contributed by atoms with van der Waals surface area (Å²) in [6.07, 6.45) is -0.669. The molecule has 6 aromatic rings. The Hall–Kier alpha value is -5.52. The molecule has 10 heteroatoms. The Morgan fingerprint density at radius 3 is 2.11 bits per heavy atom. The highest BCUT2D eigenvalue weighted by Gasteiger charge is 2.38. The van der Waals surface area contributed by atoms with E-state index >= 15 is 0 Å². The monoisotopic (exact) mass is 768 g/mol. The number of hydrogen-bond acceptors (Lipinski definition) is 8. The van der Waals surface area contributed by atoms with Crippen LogP contribution >= 0.6 is 11.8 Å². The molecule has 3 N–H and O–H groups in total. The first-order chi connectivity index (χ1) is 27.3. The molecule has 56 heavy (non-hydrogen) atoms. The number of carboxylic acids is 1. The lowest BCUT2D eigenvalue weighted by Crippen LogP contribution is -2.38. The van der Waals surface area contributed by atoms with Crippen LogP contribution in [-0.2, 0) is 32.2 Å². The molecule has 1 aliphatic rings. The van der Waals surface area contributed by atoms with Crippen LogP contribution in [0.25, 0.3) is 33.7 Å². The number of rotatable bonds is 15. The molecule has 1 aromatic heterocycles. The van der Waals surface area contributed by atoms with E-state index in [-0.39, 0.29) is 43.5 Å². The van der Waals surface area contributed by atoms with Gasteiger partial charge in [0.05, 0.1) is 18.8 Å². The van der Waals surface area contributed by atoms with Gasteiger partial charge < -0.3 is 29.4 Å². The van der Waals surface area contributed by atoms with Crippen LogP contribution in [0.4, 0.5) is 0 Å². The normalized spacial score (nSPS) is 18.0. The molecular formula is C46H44N2O7S. The lowest BCUT2D eigenvalue weighted by Gasteiger charge is -2.41. The number of carboxylic acid groups (broad SMARTS) is 1. The minimum Gasteiger partial charge on any atom is -0.481 e. The predicted molar refractivity (Wildman–Crippen MR) is 216 cm³/mol. The molecule has 5 aromatic carbocycles. The maximum Gasteiger partial charge on any atom is 0.303 e. The van der Waals surface area contributed by atoms with Gasteiger partial charge in [-0.2, -0.15) is 0 Å². The number of oxazole rings is 1. The van der Waals surface area contributed by atoms with Crippen LogP contribution < -0.4 is 5.32 Å². The van der Waals surface area contributed by atoms with E-state index in [9.17, 15) is 14.7 Å². The number of nitrogens with zero attached hydrogens (tertiary/aromatic N) is 1. The lowest BCUT2D eigenvalue weighted by molar-refractivity contribution is -0.268. The summed E-state index contributed by atoms with van der Waals surface area (Å²) >= 11 is 1.53. The fourth-order valence-corrected chi connectivity index (χ4v) is 7.77. The third kappa shape index (κ3) is 9.64. The zero-order valence-electron chi connectivity index (χ0n) is 31.0. The number of hydrogen-bond donors (Lipinski definition) is 3. The van der Waals surface area contributed by atoms with Crippen molar-refractivity contribution in [1.29, 1.82) is 0 Å². The average Bonchev–Trinajstić information content (AvgIpc) is 3.68. The zero-order chi connectivity index (χ0) is 38.9. The third-order valence-corrected chi connectivity index (χ3v) is 10.8. The maximum absolute atomic E-state index is 12.2. The van der Waals surface area contributed by atoms with E-state index in [1.807, 2.05) is 133 Å². The molecule has 0 spiro atoms. The van der Waals surface area contributed by atoms with Gasteiger partial charge in [-0.05, 0) is 40.3 Å². The molecule has 0 saturated carbocycles. The Labute approximate surface area is 330 Å².